The summed E-state index contributed by atoms with van der Waals surface area (Å²) in [7, 11) is 0. The van der Waals surface area contributed by atoms with Gasteiger partial charge in [0.05, 0.1) is 19.4 Å². The van der Waals surface area contributed by atoms with Gasteiger partial charge in [0.15, 0.2) is 0 Å². The van der Waals surface area contributed by atoms with E-state index in [0.717, 1.165) is 6.54 Å². The molecule has 1 aliphatic rings. The fourth-order valence-corrected chi connectivity index (χ4v) is 0.896. The summed E-state index contributed by atoms with van der Waals surface area (Å²) < 4.78 is 5.07. The third kappa shape index (κ3) is 1.93. The van der Waals surface area contributed by atoms with Gasteiger partial charge in [0.1, 0.15) is 0 Å². The molecule has 1 heterocycles. The van der Waals surface area contributed by atoms with Crippen molar-refractivity contribution in [2.45, 2.75) is 13.0 Å². The normalized spacial score (nSPS) is 32.0. The van der Waals surface area contributed by atoms with E-state index in [9.17, 15) is 0 Å². The molecule has 1 fully saturated rings. The van der Waals surface area contributed by atoms with E-state index < -0.39 is 0 Å². The van der Waals surface area contributed by atoms with Crippen LogP contribution in [0.1, 0.15) is 6.92 Å². The first-order chi connectivity index (χ1) is 4.30. The molecule has 54 valence electrons. The second kappa shape index (κ2) is 3.15. The zero-order valence-corrected chi connectivity index (χ0v) is 5.63. The van der Waals surface area contributed by atoms with Gasteiger partial charge >= 0.3 is 0 Å². The first kappa shape index (κ1) is 6.99. The first-order valence-corrected chi connectivity index (χ1v) is 3.27. The molecule has 0 aromatic heterocycles. The van der Waals surface area contributed by atoms with Crippen molar-refractivity contribution in [3.63, 3.8) is 0 Å². The summed E-state index contributed by atoms with van der Waals surface area (Å²) in [6, 6.07) is 0. The number of ether oxygens (including phenoxy) is 1. The van der Waals surface area contributed by atoms with Crippen LogP contribution in [0.25, 0.3) is 0 Å². The predicted octanol–water partition coefficient (Wildman–Crippen LogP) is -0.439. The quantitative estimate of drug-likeness (QED) is 0.507. The molecule has 0 saturated carbocycles. The van der Waals surface area contributed by atoms with Crippen LogP contribution < -0.4 is 5.32 Å². The lowest BCUT2D eigenvalue weighted by molar-refractivity contribution is -0.00514. The molecule has 0 bridgehead atoms. The molecule has 0 aromatic rings. The van der Waals surface area contributed by atoms with E-state index in [1.807, 2.05) is 0 Å². The van der Waals surface area contributed by atoms with Gasteiger partial charge in [0.2, 0.25) is 0 Å². The highest BCUT2D eigenvalue weighted by molar-refractivity contribution is 4.68. The maximum atomic E-state index is 9.06. The van der Waals surface area contributed by atoms with Crippen molar-refractivity contribution in [1.82, 2.24) is 5.32 Å². The van der Waals surface area contributed by atoms with Crippen LogP contribution in [-0.2, 0) is 4.74 Å². The highest BCUT2D eigenvalue weighted by atomic mass is 16.5. The fourth-order valence-electron chi connectivity index (χ4n) is 0.896. The molecule has 1 saturated heterocycles. The topological polar surface area (TPSA) is 41.5 Å². The molecular weight excluding hydrogens is 118 g/mol. The average molecular weight is 131 g/mol. The first-order valence-electron chi connectivity index (χ1n) is 3.27. The summed E-state index contributed by atoms with van der Waals surface area (Å²) in [5, 5.41) is 12.1. The Morgan fingerprint density at radius 3 is 2.89 bits per heavy atom. The molecule has 3 nitrogen and oxygen atoms in total. The molecule has 0 aromatic carbocycles. The van der Waals surface area contributed by atoms with Gasteiger partial charge < -0.3 is 9.84 Å². The standard InChI is InChI=1S/C6H13NO2/c1-5(8)6-2-7-4-9-3-6/h5-8H,2-4H2,1H3. The van der Waals surface area contributed by atoms with Crippen LogP contribution in [0.5, 0.6) is 0 Å². The number of rotatable bonds is 1. The Morgan fingerprint density at radius 2 is 2.56 bits per heavy atom. The minimum atomic E-state index is -0.252. The number of hydrogen-bond acceptors (Lipinski definition) is 3. The van der Waals surface area contributed by atoms with Crippen molar-refractivity contribution in [3.8, 4) is 0 Å². The molecule has 2 atom stereocenters. The number of hydrogen-bond donors (Lipinski definition) is 2. The van der Waals surface area contributed by atoms with Gasteiger partial charge in [0.25, 0.3) is 0 Å². The summed E-state index contributed by atoms with van der Waals surface area (Å²) >= 11 is 0. The van der Waals surface area contributed by atoms with Crippen molar-refractivity contribution in [2.75, 3.05) is 19.9 Å². The maximum absolute atomic E-state index is 9.06. The highest BCUT2D eigenvalue weighted by Crippen LogP contribution is 2.05. The molecule has 2 unspecified atom stereocenters. The Kier molecular flexibility index (Phi) is 2.45. The van der Waals surface area contributed by atoms with Crippen LogP contribution in [0.15, 0.2) is 0 Å². The summed E-state index contributed by atoms with van der Waals surface area (Å²) in [6.07, 6.45) is -0.252. The minimum Gasteiger partial charge on any atom is -0.393 e. The van der Waals surface area contributed by atoms with Crippen molar-refractivity contribution in [2.24, 2.45) is 5.92 Å². The third-order valence-corrected chi connectivity index (χ3v) is 1.62. The van der Waals surface area contributed by atoms with Gasteiger partial charge in [-0.05, 0) is 6.92 Å². The molecule has 0 spiro atoms. The zero-order chi connectivity index (χ0) is 6.69. The number of aliphatic hydroxyl groups excluding tert-OH is 1. The average Bonchev–Trinajstić information content (AvgIpc) is 1.90. The molecule has 0 radical (unpaired) electrons. The minimum absolute atomic E-state index is 0.252. The maximum Gasteiger partial charge on any atom is 0.0965 e. The predicted molar refractivity (Wildman–Crippen MR) is 34.0 cm³/mol. The summed E-state index contributed by atoms with van der Waals surface area (Å²) in [6.45, 7) is 3.98. The Labute approximate surface area is 55.0 Å². The lowest BCUT2D eigenvalue weighted by Gasteiger charge is -2.24. The van der Waals surface area contributed by atoms with E-state index >= 15 is 0 Å². The third-order valence-electron chi connectivity index (χ3n) is 1.62. The van der Waals surface area contributed by atoms with E-state index in [-0.39, 0.29) is 12.0 Å². The summed E-state index contributed by atoms with van der Waals surface area (Å²) in [5.41, 5.74) is 0. The monoisotopic (exact) mass is 131 g/mol. The molecule has 9 heavy (non-hydrogen) atoms. The second-order valence-electron chi connectivity index (χ2n) is 2.47. The molecule has 1 rings (SSSR count). The van der Waals surface area contributed by atoms with Crippen molar-refractivity contribution in [3.05, 3.63) is 0 Å². The van der Waals surface area contributed by atoms with Gasteiger partial charge in [-0.3, -0.25) is 5.32 Å². The lowest BCUT2D eigenvalue weighted by Crippen LogP contribution is -2.39. The Hall–Kier alpha value is -0.120. The second-order valence-corrected chi connectivity index (χ2v) is 2.47. The van der Waals surface area contributed by atoms with Crippen LogP contribution in [0.2, 0.25) is 0 Å². The summed E-state index contributed by atoms with van der Waals surface area (Å²) in [5.74, 6) is 0.277. The van der Waals surface area contributed by atoms with Crippen molar-refractivity contribution < 1.29 is 9.84 Å². The smallest absolute Gasteiger partial charge is 0.0965 e. The van der Waals surface area contributed by atoms with Crippen LogP contribution in [-0.4, -0.2) is 31.1 Å². The van der Waals surface area contributed by atoms with E-state index in [1.54, 1.807) is 6.92 Å². The van der Waals surface area contributed by atoms with Gasteiger partial charge in [-0.1, -0.05) is 0 Å². The Balaban J connectivity index is 2.23. The van der Waals surface area contributed by atoms with Gasteiger partial charge in [-0.15, -0.1) is 0 Å². The van der Waals surface area contributed by atoms with E-state index in [2.05, 4.69) is 5.32 Å². The van der Waals surface area contributed by atoms with Crippen LogP contribution in [0, 0.1) is 5.92 Å². The molecular formula is C6H13NO2. The Morgan fingerprint density at radius 1 is 1.78 bits per heavy atom. The van der Waals surface area contributed by atoms with Gasteiger partial charge in [0, 0.05) is 12.5 Å². The van der Waals surface area contributed by atoms with Crippen molar-refractivity contribution in [1.29, 1.82) is 0 Å². The lowest BCUT2D eigenvalue weighted by atomic mass is 10.1. The van der Waals surface area contributed by atoms with E-state index in [1.165, 1.54) is 0 Å². The molecule has 3 heteroatoms. The molecule has 1 aliphatic heterocycles. The van der Waals surface area contributed by atoms with Crippen LogP contribution >= 0.6 is 0 Å². The fraction of sp³-hybridized carbons (Fsp3) is 1.00. The number of aliphatic hydroxyl groups is 1. The van der Waals surface area contributed by atoms with E-state index in [4.69, 9.17) is 9.84 Å². The van der Waals surface area contributed by atoms with Gasteiger partial charge in [-0.2, -0.15) is 0 Å². The highest BCUT2D eigenvalue weighted by Gasteiger charge is 2.17. The van der Waals surface area contributed by atoms with Crippen LogP contribution in [0.4, 0.5) is 0 Å². The van der Waals surface area contributed by atoms with E-state index in [0.29, 0.717) is 13.3 Å². The SMILES string of the molecule is CC(O)C1CNCOC1. The number of nitrogens with one attached hydrogen (secondary N) is 1. The van der Waals surface area contributed by atoms with Gasteiger partial charge in [-0.25, -0.2) is 0 Å². The zero-order valence-electron chi connectivity index (χ0n) is 5.63. The molecule has 0 aliphatic carbocycles. The Bertz CT molecular complexity index is 79.1. The van der Waals surface area contributed by atoms with Crippen LogP contribution in [0.3, 0.4) is 0 Å². The largest absolute Gasteiger partial charge is 0.393 e. The van der Waals surface area contributed by atoms with Crippen molar-refractivity contribution >= 4 is 0 Å². The summed E-state index contributed by atoms with van der Waals surface area (Å²) in [4.78, 5) is 0. The molecule has 0 amide bonds. The molecule has 2 N–H and O–H groups in total.